The maximum absolute atomic E-state index is 13.3. The first-order valence-electron chi connectivity index (χ1n) is 9.71. The van der Waals surface area contributed by atoms with Gasteiger partial charge in [-0.3, -0.25) is 9.69 Å². The number of carbonyl (C=O) groups excluding carboxylic acids is 1. The summed E-state index contributed by atoms with van der Waals surface area (Å²) in [6.45, 7) is 5.81. The van der Waals surface area contributed by atoms with E-state index in [0.29, 0.717) is 24.6 Å². The smallest absolute Gasteiger partial charge is 0.170 e. The highest BCUT2D eigenvalue weighted by Gasteiger charge is 2.47. The molecule has 2 atom stereocenters. The molecule has 0 saturated carbocycles. The molecule has 3 heteroatoms. The van der Waals surface area contributed by atoms with Crippen molar-refractivity contribution in [2.45, 2.75) is 44.8 Å². The van der Waals surface area contributed by atoms with E-state index in [9.17, 15) is 9.90 Å². The van der Waals surface area contributed by atoms with Gasteiger partial charge in [0.2, 0.25) is 0 Å². The summed E-state index contributed by atoms with van der Waals surface area (Å²) < 4.78 is 0. The van der Waals surface area contributed by atoms with Crippen LogP contribution in [0.2, 0.25) is 0 Å². The van der Waals surface area contributed by atoms with E-state index in [1.165, 1.54) is 0 Å². The Bertz CT molecular complexity index is 712. The molecule has 1 saturated heterocycles. The Kier molecular flexibility index (Phi) is 5.90. The fourth-order valence-electron chi connectivity index (χ4n) is 4.28. The van der Waals surface area contributed by atoms with Gasteiger partial charge in [0.05, 0.1) is 5.92 Å². The molecule has 1 N–H and O–H groups in total. The summed E-state index contributed by atoms with van der Waals surface area (Å²) in [5, 5.41) is 11.6. The van der Waals surface area contributed by atoms with E-state index in [1.54, 1.807) is 0 Å². The summed E-state index contributed by atoms with van der Waals surface area (Å²) in [5.74, 6) is -0.422. The zero-order chi connectivity index (χ0) is 18.6. The van der Waals surface area contributed by atoms with Crippen molar-refractivity contribution in [2.75, 3.05) is 13.1 Å². The van der Waals surface area contributed by atoms with E-state index in [1.807, 2.05) is 60.7 Å². The molecule has 2 aromatic rings. The molecule has 2 aromatic carbocycles. The molecule has 1 aliphatic rings. The molecule has 3 rings (SSSR count). The van der Waals surface area contributed by atoms with Gasteiger partial charge in [0.15, 0.2) is 5.78 Å². The largest absolute Gasteiger partial charge is 0.384 e. The number of aliphatic hydroxyl groups is 1. The Morgan fingerprint density at radius 2 is 1.65 bits per heavy atom. The summed E-state index contributed by atoms with van der Waals surface area (Å²) in [6.07, 6.45) is 2.70. The van der Waals surface area contributed by atoms with Crippen molar-refractivity contribution in [3.05, 3.63) is 71.8 Å². The maximum atomic E-state index is 13.3. The molecule has 1 fully saturated rings. The molecule has 26 heavy (non-hydrogen) atoms. The normalized spacial score (nSPS) is 23.9. The lowest BCUT2D eigenvalue weighted by molar-refractivity contribution is -0.0729. The summed E-state index contributed by atoms with van der Waals surface area (Å²) in [5.41, 5.74) is 0.410. The minimum atomic E-state index is -1.11. The van der Waals surface area contributed by atoms with Gasteiger partial charge in [-0.05, 0) is 24.8 Å². The van der Waals surface area contributed by atoms with Crippen LogP contribution >= 0.6 is 0 Å². The number of Topliss-reactive ketones (excluding diaryl/α,β-unsaturated/α-hetero) is 1. The van der Waals surface area contributed by atoms with Gasteiger partial charge >= 0.3 is 0 Å². The maximum Gasteiger partial charge on any atom is 0.170 e. The quantitative estimate of drug-likeness (QED) is 0.790. The number of ketones is 1. The highest BCUT2D eigenvalue weighted by atomic mass is 16.3. The Morgan fingerprint density at radius 3 is 2.23 bits per heavy atom. The van der Waals surface area contributed by atoms with Crippen LogP contribution in [0.15, 0.2) is 60.7 Å². The van der Waals surface area contributed by atoms with E-state index in [-0.39, 0.29) is 5.78 Å². The van der Waals surface area contributed by atoms with Gasteiger partial charge in [-0.15, -0.1) is 0 Å². The molecule has 0 aromatic heterocycles. The van der Waals surface area contributed by atoms with Crippen molar-refractivity contribution < 1.29 is 9.90 Å². The van der Waals surface area contributed by atoms with Gasteiger partial charge < -0.3 is 5.11 Å². The minimum absolute atomic E-state index is 0.0348. The zero-order valence-corrected chi connectivity index (χ0v) is 15.8. The van der Waals surface area contributed by atoms with Crippen LogP contribution in [0.1, 0.15) is 49.0 Å². The second kappa shape index (κ2) is 8.15. The van der Waals surface area contributed by atoms with Gasteiger partial charge in [0, 0.05) is 24.7 Å². The highest BCUT2D eigenvalue weighted by Crippen LogP contribution is 2.40. The number of carbonyl (C=O) groups is 1. The molecule has 3 nitrogen and oxygen atoms in total. The third-order valence-corrected chi connectivity index (χ3v) is 5.88. The number of rotatable bonds is 6. The van der Waals surface area contributed by atoms with Crippen molar-refractivity contribution in [3.63, 3.8) is 0 Å². The molecule has 0 unspecified atom stereocenters. The van der Waals surface area contributed by atoms with E-state index < -0.39 is 11.5 Å². The number of hydrogen-bond donors (Lipinski definition) is 1. The molecule has 1 heterocycles. The average molecular weight is 351 g/mol. The number of hydrogen-bond acceptors (Lipinski definition) is 3. The van der Waals surface area contributed by atoms with Crippen LogP contribution in [0, 0.1) is 5.92 Å². The van der Waals surface area contributed by atoms with Crippen molar-refractivity contribution in [1.82, 2.24) is 4.90 Å². The lowest BCUT2D eigenvalue weighted by Gasteiger charge is -2.46. The molecular formula is C23H29NO2. The third kappa shape index (κ3) is 3.60. The number of likely N-dealkylation sites (tertiary alicyclic amines) is 1. The molecule has 1 aliphatic heterocycles. The molecular weight excluding hydrogens is 322 g/mol. The van der Waals surface area contributed by atoms with Crippen LogP contribution in [0.25, 0.3) is 0 Å². The SMILES string of the molecule is CCC(CC)N1CC[C@@](O)(c2ccccc2)[C@H](C(=O)c2ccccc2)C1. The van der Waals surface area contributed by atoms with Crippen molar-refractivity contribution >= 4 is 5.78 Å². The minimum Gasteiger partial charge on any atom is -0.384 e. The lowest BCUT2D eigenvalue weighted by atomic mass is 9.72. The predicted molar refractivity (Wildman–Crippen MR) is 105 cm³/mol. The summed E-state index contributed by atoms with van der Waals surface area (Å²) in [4.78, 5) is 15.7. The predicted octanol–water partition coefficient (Wildman–Crippen LogP) is 4.27. The van der Waals surface area contributed by atoms with E-state index in [2.05, 4.69) is 18.7 Å². The second-order valence-electron chi connectivity index (χ2n) is 7.29. The lowest BCUT2D eigenvalue weighted by Crippen LogP contribution is -2.55. The van der Waals surface area contributed by atoms with Gasteiger partial charge in [0.1, 0.15) is 5.60 Å². The standard InChI is InChI=1S/C23H29NO2/c1-3-20(4-2)24-16-15-23(26,19-13-9-6-10-14-19)21(17-24)22(25)18-11-7-5-8-12-18/h5-14,20-21,26H,3-4,15-17H2,1-2H3/t21-,23+/m0/s1. The fraction of sp³-hybridized carbons (Fsp3) is 0.435. The number of nitrogens with zero attached hydrogens (tertiary/aromatic N) is 1. The second-order valence-corrected chi connectivity index (χ2v) is 7.29. The van der Waals surface area contributed by atoms with E-state index >= 15 is 0 Å². The van der Waals surface area contributed by atoms with Gasteiger partial charge in [0.25, 0.3) is 0 Å². The van der Waals surface area contributed by atoms with Crippen molar-refractivity contribution in [1.29, 1.82) is 0 Å². The van der Waals surface area contributed by atoms with Crippen molar-refractivity contribution in [3.8, 4) is 0 Å². The monoisotopic (exact) mass is 351 g/mol. The van der Waals surface area contributed by atoms with Gasteiger partial charge in [-0.1, -0.05) is 74.5 Å². The molecule has 0 radical (unpaired) electrons. The number of benzene rings is 2. The van der Waals surface area contributed by atoms with Crippen LogP contribution in [-0.2, 0) is 5.60 Å². The first-order valence-corrected chi connectivity index (χ1v) is 9.71. The first kappa shape index (κ1) is 18.8. The van der Waals surface area contributed by atoms with E-state index in [4.69, 9.17) is 0 Å². The van der Waals surface area contributed by atoms with Crippen LogP contribution < -0.4 is 0 Å². The summed E-state index contributed by atoms with van der Waals surface area (Å²) >= 11 is 0. The third-order valence-electron chi connectivity index (χ3n) is 5.88. The summed E-state index contributed by atoms with van der Waals surface area (Å²) in [6, 6.07) is 19.5. The van der Waals surface area contributed by atoms with Crippen LogP contribution in [0.4, 0.5) is 0 Å². The summed E-state index contributed by atoms with van der Waals surface area (Å²) in [7, 11) is 0. The molecule has 0 aliphatic carbocycles. The average Bonchev–Trinajstić information content (AvgIpc) is 2.71. The van der Waals surface area contributed by atoms with Crippen LogP contribution in [0.3, 0.4) is 0 Å². The van der Waals surface area contributed by atoms with Gasteiger partial charge in [-0.2, -0.15) is 0 Å². The molecule has 0 amide bonds. The molecule has 138 valence electrons. The van der Waals surface area contributed by atoms with Crippen LogP contribution in [0.5, 0.6) is 0 Å². The zero-order valence-electron chi connectivity index (χ0n) is 15.8. The first-order chi connectivity index (χ1) is 12.6. The Morgan fingerprint density at radius 1 is 1.08 bits per heavy atom. The topological polar surface area (TPSA) is 40.5 Å². The number of piperidine rings is 1. The van der Waals surface area contributed by atoms with E-state index in [0.717, 1.165) is 24.9 Å². The van der Waals surface area contributed by atoms with Crippen LogP contribution in [-0.4, -0.2) is 34.9 Å². The Balaban J connectivity index is 1.97. The highest BCUT2D eigenvalue weighted by molar-refractivity contribution is 5.99. The fourth-order valence-corrected chi connectivity index (χ4v) is 4.28. The molecule has 0 spiro atoms. The van der Waals surface area contributed by atoms with Crippen molar-refractivity contribution in [2.24, 2.45) is 5.92 Å². The van der Waals surface area contributed by atoms with Gasteiger partial charge in [-0.25, -0.2) is 0 Å². The Hall–Kier alpha value is -1.97. The Labute approximate surface area is 156 Å². The molecule has 0 bridgehead atoms.